The molecule has 1 saturated heterocycles. The Hall–Kier alpha value is -1.10. The number of hydrogen-bond acceptors (Lipinski definition) is 4. The maximum atomic E-state index is 10.6. The monoisotopic (exact) mass is 263 g/mol. The van der Waals surface area contributed by atoms with E-state index in [4.69, 9.17) is 9.47 Å². The van der Waals surface area contributed by atoms with Gasteiger partial charge in [-0.25, -0.2) is 0 Å². The van der Waals surface area contributed by atoms with Crippen LogP contribution in [0.3, 0.4) is 0 Å². The van der Waals surface area contributed by atoms with Crippen molar-refractivity contribution in [1.82, 2.24) is 4.90 Å². The fraction of sp³-hybridized carbons (Fsp3) is 0.600. The molecule has 2 unspecified atom stereocenters. The molecule has 0 bridgehead atoms. The molecule has 1 aromatic rings. The molecule has 0 aromatic heterocycles. The Morgan fingerprint density at radius 1 is 1.16 bits per heavy atom. The smallest absolute Gasteiger partial charge is 0.125 e. The Morgan fingerprint density at radius 3 is 2.58 bits per heavy atom. The molecular formula is C15H21NO3. The molecule has 1 N–H and O–H groups in total. The first-order valence-corrected chi connectivity index (χ1v) is 6.94. The third kappa shape index (κ3) is 2.48. The predicted molar refractivity (Wildman–Crippen MR) is 72.3 cm³/mol. The van der Waals surface area contributed by atoms with E-state index in [1.54, 1.807) is 0 Å². The van der Waals surface area contributed by atoms with Crippen molar-refractivity contribution < 1.29 is 14.6 Å². The largest absolute Gasteiger partial charge is 0.491 e. The van der Waals surface area contributed by atoms with Crippen molar-refractivity contribution in [3.8, 4) is 5.75 Å². The third-order valence-corrected chi connectivity index (χ3v) is 3.93. The van der Waals surface area contributed by atoms with E-state index >= 15 is 0 Å². The predicted octanol–water partition coefficient (Wildman–Crippen LogP) is 1.59. The van der Waals surface area contributed by atoms with Crippen LogP contribution in [0, 0.1) is 0 Å². The Bertz CT molecular complexity index is 441. The van der Waals surface area contributed by atoms with Crippen molar-refractivity contribution in [2.45, 2.75) is 38.2 Å². The van der Waals surface area contributed by atoms with Gasteiger partial charge in [-0.05, 0) is 19.9 Å². The molecule has 19 heavy (non-hydrogen) atoms. The SMILES string of the molecule is C[C@@H]1CN(C2COc3ccccc3C2O)C[C@H](C)O1. The van der Waals surface area contributed by atoms with Gasteiger partial charge in [-0.15, -0.1) is 0 Å². The minimum atomic E-state index is -0.484. The number of morpholine rings is 1. The molecule has 4 heteroatoms. The Kier molecular flexibility index (Phi) is 3.48. The highest BCUT2D eigenvalue weighted by atomic mass is 16.5. The van der Waals surface area contributed by atoms with Crippen LogP contribution in [0.1, 0.15) is 25.5 Å². The third-order valence-electron chi connectivity index (χ3n) is 3.93. The van der Waals surface area contributed by atoms with Gasteiger partial charge in [0.05, 0.1) is 18.2 Å². The highest BCUT2D eigenvalue weighted by molar-refractivity contribution is 5.37. The minimum Gasteiger partial charge on any atom is -0.491 e. The van der Waals surface area contributed by atoms with Crippen LogP contribution >= 0.6 is 0 Å². The summed E-state index contributed by atoms with van der Waals surface area (Å²) in [6.45, 7) is 6.38. The molecule has 0 saturated carbocycles. The molecule has 104 valence electrons. The first-order valence-electron chi connectivity index (χ1n) is 6.94. The van der Waals surface area contributed by atoms with Crippen molar-refractivity contribution in [1.29, 1.82) is 0 Å². The van der Waals surface area contributed by atoms with E-state index in [1.807, 2.05) is 24.3 Å². The van der Waals surface area contributed by atoms with Crippen LogP contribution in [0.5, 0.6) is 5.75 Å². The molecule has 2 aliphatic rings. The summed E-state index contributed by atoms with van der Waals surface area (Å²) in [7, 11) is 0. The molecule has 2 heterocycles. The van der Waals surface area contributed by atoms with Crippen molar-refractivity contribution in [3.63, 3.8) is 0 Å². The van der Waals surface area contributed by atoms with E-state index in [9.17, 15) is 5.11 Å². The van der Waals surface area contributed by atoms with E-state index in [0.29, 0.717) is 6.61 Å². The van der Waals surface area contributed by atoms with E-state index in [2.05, 4.69) is 18.7 Å². The molecular weight excluding hydrogens is 242 g/mol. The summed E-state index contributed by atoms with van der Waals surface area (Å²) in [5.74, 6) is 0.806. The molecule has 0 radical (unpaired) electrons. The summed E-state index contributed by atoms with van der Waals surface area (Å²) in [6.07, 6.45) is -0.0799. The molecule has 0 aliphatic carbocycles. The molecule has 4 nitrogen and oxygen atoms in total. The Balaban J connectivity index is 1.80. The zero-order valence-electron chi connectivity index (χ0n) is 11.5. The van der Waals surface area contributed by atoms with Gasteiger partial charge in [0.25, 0.3) is 0 Å². The maximum absolute atomic E-state index is 10.6. The lowest BCUT2D eigenvalue weighted by atomic mass is 9.97. The number of nitrogens with zero attached hydrogens (tertiary/aromatic N) is 1. The van der Waals surface area contributed by atoms with Gasteiger partial charge in [-0.2, -0.15) is 0 Å². The van der Waals surface area contributed by atoms with Gasteiger partial charge < -0.3 is 14.6 Å². The number of benzene rings is 1. The van der Waals surface area contributed by atoms with Gasteiger partial charge in [-0.3, -0.25) is 4.90 Å². The average Bonchev–Trinajstić information content (AvgIpc) is 2.38. The van der Waals surface area contributed by atoms with Gasteiger partial charge in [0.1, 0.15) is 18.5 Å². The summed E-state index contributed by atoms with van der Waals surface area (Å²) < 4.78 is 11.5. The number of aliphatic hydroxyl groups is 1. The van der Waals surface area contributed by atoms with Gasteiger partial charge >= 0.3 is 0 Å². The van der Waals surface area contributed by atoms with Crippen molar-refractivity contribution in [3.05, 3.63) is 29.8 Å². The van der Waals surface area contributed by atoms with Gasteiger partial charge in [-0.1, -0.05) is 18.2 Å². The van der Waals surface area contributed by atoms with Gasteiger partial charge in [0.2, 0.25) is 0 Å². The molecule has 2 aliphatic heterocycles. The minimum absolute atomic E-state index is 0.0173. The zero-order chi connectivity index (χ0) is 13.4. The second kappa shape index (κ2) is 5.12. The molecule has 1 fully saturated rings. The summed E-state index contributed by atoms with van der Waals surface area (Å²) in [4.78, 5) is 2.29. The van der Waals surface area contributed by atoms with E-state index in [1.165, 1.54) is 0 Å². The molecule has 1 aromatic carbocycles. The van der Waals surface area contributed by atoms with E-state index in [0.717, 1.165) is 24.4 Å². The van der Waals surface area contributed by atoms with Crippen LogP contribution in [-0.4, -0.2) is 48.0 Å². The summed E-state index contributed by atoms with van der Waals surface area (Å²) in [5.41, 5.74) is 0.894. The first kappa shape index (κ1) is 12.9. The number of fused-ring (bicyclic) bond motifs is 1. The van der Waals surface area contributed by atoms with Crippen LogP contribution in [-0.2, 0) is 4.74 Å². The number of ether oxygens (including phenoxy) is 2. The summed E-state index contributed by atoms with van der Waals surface area (Å²) in [5, 5.41) is 10.6. The van der Waals surface area contributed by atoms with Gasteiger partial charge in [0.15, 0.2) is 0 Å². The number of rotatable bonds is 1. The second-order valence-electron chi connectivity index (χ2n) is 5.57. The summed E-state index contributed by atoms with van der Waals surface area (Å²) >= 11 is 0. The summed E-state index contributed by atoms with van der Waals surface area (Å²) in [6, 6.07) is 7.76. The van der Waals surface area contributed by atoms with Gasteiger partial charge in [0, 0.05) is 18.7 Å². The number of hydrogen-bond donors (Lipinski definition) is 1. The lowest BCUT2D eigenvalue weighted by molar-refractivity contribution is -0.106. The van der Waals surface area contributed by atoms with E-state index < -0.39 is 6.10 Å². The standard InChI is InChI=1S/C15H21NO3/c1-10-7-16(8-11(2)19-10)13-9-18-14-6-4-3-5-12(14)15(13)17/h3-6,10-11,13,15,17H,7-9H2,1-2H3/t10-,11+,13?,15?. The van der Waals surface area contributed by atoms with Crippen molar-refractivity contribution in [2.75, 3.05) is 19.7 Å². The maximum Gasteiger partial charge on any atom is 0.125 e. The zero-order valence-corrected chi connectivity index (χ0v) is 11.5. The fourth-order valence-electron chi connectivity index (χ4n) is 3.12. The molecule has 3 rings (SSSR count). The Morgan fingerprint density at radius 2 is 1.84 bits per heavy atom. The highest BCUT2D eigenvalue weighted by Gasteiger charge is 2.36. The molecule has 0 spiro atoms. The van der Waals surface area contributed by atoms with Crippen LogP contribution in [0.2, 0.25) is 0 Å². The van der Waals surface area contributed by atoms with Crippen molar-refractivity contribution >= 4 is 0 Å². The Labute approximate surface area is 113 Å². The van der Waals surface area contributed by atoms with Crippen molar-refractivity contribution in [2.24, 2.45) is 0 Å². The molecule has 0 amide bonds. The lowest BCUT2D eigenvalue weighted by Gasteiger charge is -2.43. The quantitative estimate of drug-likeness (QED) is 0.835. The average molecular weight is 263 g/mol. The normalized spacial score (nSPS) is 35.5. The highest BCUT2D eigenvalue weighted by Crippen LogP contribution is 2.34. The van der Waals surface area contributed by atoms with Crippen LogP contribution < -0.4 is 4.74 Å². The molecule has 4 atom stereocenters. The van der Waals surface area contributed by atoms with Crippen LogP contribution in [0.4, 0.5) is 0 Å². The van der Waals surface area contributed by atoms with E-state index in [-0.39, 0.29) is 18.2 Å². The second-order valence-corrected chi connectivity index (χ2v) is 5.57. The number of aliphatic hydroxyl groups excluding tert-OH is 1. The topological polar surface area (TPSA) is 41.9 Å². The van der Waals surface area contributed by atoms with Crippen LogP contribution in [0.25, 0.3) is 0 Å². The number of para-hydroxylation sites is 1. The fourth-order valence-corrected chi connectivity index (χ4v) is 3.12. The lowest BCUT2D eigenvalue weighted by Crippen LogP contribution is -2.54. The van der Waals surface area contributed by atoms with Crippen LogP contribution in [0.15, 0.2) is 24.3 Å². The first-order chi connectivity index (χ1) is 9.15.